The van der Waals surface area contributed by atoms with E-state index in [1.165, 1.54) is 0 Å². The zero-order chi connectivity index (χ0) is 13.5. The number of anilines is 1. The summed E-state index contributed by atoms with van der Waals surface area (Å²) < 4.78 is 5.28. The van der Waals surface area contributed by atoms with E-state index < -0.39 is 0 Å². The fourth-order valence-corrected chi connectivity index (χ4v) is 2.63. The number of nitrogens with zero attached hydrogens (tertiary/aromatic N) is 1. The number of rotatable bonds is 6. The summed E-state index contributed by atoms with van der Waals surface area (Å²) in [5.74, 6) is 1.91. The Morgan fingerprint density at radius 1 is 1.32 bits per heavy atom. The summed E-state index contributed by atoms with van der Waals surface area (Å²) in [6, 6.07) is 12.0. The van der Waals surface area contributed by atoms with E-state index in [9.17, 15) is 5.26 Å². The topological polar surface area (TPSA) is 49.0 Å². The molecule has 0 atom stereocenters. The molecule has 3 nitrogen and oxygen atoms in total. The van der Waals surface area contributed by atoms with Gasteiger partial charge in [0.25, 0.3) is 0 Å². The number of hydrogen-bond donors (Lipinski definition) is 1. The van der Waals surface area contributed by atoms with Gasteiger partial charge in [0, 0.05) is 17.9 Å². The molecule has 0 saturated heterocycles. The van der Waals surface area contributed by atoms with Crippen molar-refractivity contribution in [2.45, 2.75) is 18.2 Å². The third-order valence-electron chi connectivity index (χ3n) is 2.70. The molecule has 1 N–H and O–H groups in total. The van der Waals surface area contributed by atoms with Crippen molar-refractivity contribution in [1.29, 1.82) is 5.26 Å². The normalized spacial score (nSPS) is 10.1. The predicted octanol–water partition coefficient (Wildman–Crippen LogP) is 3.92. The number of hydrogen-bond acceptors (Lipinski definition) is 4. The van der Waals surface area contributed by atoms with E-state index in [2.05, 4.69) is 18.3 Å². The zero-order valence-electron chi connectivity index (χ0n) is 10.8. The number of furan rings is 1. The van der Waals surface area contributed by atoms with E-state index in [-0.39, 0.29) is 0 Å². The summed E-state index contributed by atoms with van der Waals surface area (Å²) in [5, 5.41) is 12.6. The molecular weight excluding hydrogens is 256 g/mol. The van der Waals surface area contributed by atoms with Gasteiger partial charge in [0.05, 0.1) is 17.5 Å². The average molecular weight is 272 g/mol. The molecule has 0 radical (unpaired) electrons. The molecule has 98 valence electrons. The Labute approximate surface area is 117 Å². The molecule has 0 fully saturated rings. The molecule has 0 saturated carbocycles. The highest BCUT2D eigenvalue weighted by Gasteiger charge is 2.07. The molecule has 0 amide bonds. The molecule has 1 heterocycles. The van der Waals surface area contributed by atoms with Gasteiger partial charge in [-0.05, 0) is 30.0 Å². The SMILES string of the molecule is CCSc1cccc(NCCc2ccco2)c1C#N. The second-order valence-corrected chi connectivity index (χ2v) is 5.29. The standard InChI is InChI=1S/C15H16N2OS/c1-2-19-15-7-3-6-14(13(15)11-16)17-9-8-12-5-4-10-18-12/h3-7,10,17H,2,8-9H2,1H3. The van der Waals surface area contributed by atoms with Crippen LogP contribution in [0.5, 0.6) is 0 Å². The van der Waals surface area contributed by atoms with Crippen LogP contribution in [0.15, 0.2) is 45.9 Å². The van der Waals surface area contributed by atoms with E-state index in [1.54, 1.807) is 18.0 Å². The lowest BCUT2D eigenvalue weighted by atomic mass is 10.2. The van der Waals surface area contributed by atoms with Crippen LogP contribution in [-0.4, -0.2) is 12.3 Å². The Bertz CT molecular complexity index is 558. The van der Waals surface area contributed by atoms with Crippen LogP contribution in [0.4, 0.5) is 5.69 Å². The van der Waals surface area contributed by atoms with Crippen molar-refractivity contribution in [3.05, 3.63) is 47.9 Å². The summed E-state index contributed by atoms with van der Waals surface area (Å²) in [7, 11) is 0. The van der Waals surface area contributed by atoms with Crippen LogP contribution >= 0.6 is 11.8 Å². The minimum atomic E-state index is 0.730. The van der Waals surface area contributed by atoms with E-state index in [0.717, 1.165) is 40.6 Å². The molecule has 0 spiro atoms. The van der Waals surface area contributed by atoms with Gasteiger partial charge in [-0.2, -0.15) is 5.26 Å². The first kappa shape index (κ1) is 13.6. The van der Waals surface area contributed by atoms with Crippen LogP contribution in [0, 0.1) is 11.3 Å². The minimum absolute atomic E-state index is 0.730. The summed E-state index contributed by atoms with van der Waals surface area (Å²) >= 11 is 1.69. The maximum absolute atomic E-state index is 9.29. The lowest BCUT2D eigenvalue weighted by molar-refractivity contribution is 0.513. The van der Waals surface area contributed by atoms with Gasteiger partial charge >= 0.3 is 0 Å². The fourth-order valence-electron chi connectivity index (χ4n) is 1.84. The number of nitrogens with one attached hydrogen (secondary N) is 1. The van der Waals surface area contributed by atoms with Crippen LogP contribution < -0.4 is 5.32 Å². The van der Waals surface area contributed by atoms with E-state index in [4.69, 9.17) is 4.42 Å². The molecule has 0 aliphatic rings. The van der Waals surface area contributed by atoms with Gasteiger partial charge in [0.1, 0.15) is 11.8 Å². The minimum Gasteiger partial charge on any atom is -0.469 e. The van der Waals surface area contributed by atoms with Crippen LogP contribution in [0.3, 0.4) is 0 Å². The molecule has 1 aromatic carbocycles. The molecule has 0 bridgehead atoms. The highest BCUT2D eigenvalue weighted by Crippen LogP contribution is 2.27. The number of benzene rings is 1. The molecule has 0 unspecified atom stereocenters. The van der Waals surface area contributed by atoms with Crippen molar-refractivity contribution in [3.63, 3.8) is 0 Å². The highest BCUT2D eigenvalue weighted by atomic mass is 32.2. The maximum Gasteiger partial charge on any atom is 0.105 e. The van der Waals surface area contributed by atoms with Crippen LogP contribution in [-0.2, 0) is 6.42 Å². The molecule has 4 heteroatoms. The quantitative estimate of drug-likeness (QED) is 0.810. The molecule has 2 rings (SSSR count). The molecule has 2 aromatic rings. The fraction of sp³-hybridized carbons (Fsp3) is 0.267. The molecular formula is C15H16N2OS. The third kappa shape index (κ3) is 3.55. The Balaban J connectivity index is 2.03. The molecule has 0 aliphatic heterocycles. The molecule has 19 heavy (non-hydrogen) atoms. The molecule has 1 aromatic heterocycles. The summed E-state index contributed by atoms with van der Waals surface area (Å²) in [4.78, 5) is 1.04. The van der Waals surface area contributed by atoms with Crippen molar-refractivity contribution >= 4 is 17.4 Å². The number of thioether (sulfide) groups is 1. The van der Waals surface area contributed by atoms with Crippen molar-refractivity contribution in [3.8, 4) is 6.07 Å². The van der Waals surface area contributed by atoms with E-state index in [1.807, 2.05) is 30.3 Å². The van der Waals surface area contributed by atoms with E-state index in [0.29, 0.717) is 0 Å². The third-order valence-corrected chi connectivity index (χ3v) is 3.64. The Morgan fingerprint density at radius 3 is 2.89 bits per heavy atom. The maximum atomic E-state index is 9.29. The first-order valence-electron chi connectivity index (χ1n) is 6.27. The van der Waals surface area contributed by atoms with Gasteiger partial charge in [-0.3, -0.25) is 0 Å². The summed E-state index contributed by atoms with van der Waals surface area (Å²) in [5.41, 5.74) is 1.63. The van der Waals surface area contributed by atoms with Gasteiger partial charge in [0.15, 0.2) is 0 Å². The van der Waals surface area contributed by atoms with Crippen molar-refractivity contribution in [1.82, 2.24) is 0 Å². The monoisotopic (exact) mass is 272 g/mol. The van der Waals surface area contributed by atoms with Gasteiger partial charge in [0.2, 0.25) is 0 Å². The van der Waals surface area contributed by atoms with E-state index >= 15 is 0 Å². The Morgan fingerprint density at radius 2 is 2.21 bits per heavy atom. The van der Waals surface area contributed by atoms with Crippen molar-refractivity contribution in [2.75, 3.05) is 17.6 Å². The smallest absolute Gasteiger partial charge is 0.105 e. The first-order valence-corrected chi connectivity index (χ1v) is 7.26. The highest BCUT2D eigenvalue weighted by molar-refractivity contribution is 7.99. The first-order chi connectivity index (χ1) is 9.35. The summed E-state index contributed by atoms with van der Waals surface area (Å²) in [6.07, 6.45) is 2.48. The number of nitriles is 1. The second kappa shape index (κ2) is 6.91. The van der Waals surface area contributed by atoms with Crippen molar-refractivity contribution in [2.24, 2.45) is 0 Å². The summed E-state index contributed by atoms with van der Waals surface area (Å²) in [6.45, 7) is 2.84. The lowest BCUT2D eigenvalue weighted by Gasteiger charge is -2.10. The van der Waals surface area contributed by atoms with Gasteiger partial charge in [-0.15, -0.1) is 11.8 Å². The Hall–Kier alpha value is -1.86. The van der Waals surface area contributed by atoms with Crippen LogP contribution in [0.1, 0.15) is 18.2 Å². The van der Waals surface area contributed by atoms with Crippen LogP contribution in [0.2, 0.25) is 0 Å². The van der Waals surface area contributed by atoms with Crippen LogP contribution in [0.25, 0.3) is 0 Å². The average Bonchev–Trinajstić information content (AvgIpc) is 2.93. The van der Waals surface area contributed by atoms with Gasteiger partial charge in [-0.1, -0.05) is 13.0 Å². The lowest BCUT2D eigenvalue weighted by Crippen LogP contribution is -2.06. The van der Waals surface area contributed by atoms with Gasteiger partial charge in [-0.25, -0.2) is 0 Å². The molecule has 0 aliphatic carbocycles. The second-order valence-electron chi connectivity index (χ2n) is 3.98. The zero-order valence-corrected chi connectivity index (χ0v) is 11.7. The Kier molecular flexibility index (Phi) is 4.93. The largest absolute Gasteiger partial charge is 0.469 e. The van der Waals surface area contributed by atoms with Crippen molar-refractivity contribution < 1.29 is 4.42 Å². The predicted molar refractivity (Wildman–Crippen MR) is 78.5 cm³/mol. The van der Waals surface area contributed by atoms with Gasteiger partial charge < -0.3 is 9.73 Å².